The van der Waals surface area contributed by atoms with Crippen molar-refractivity contribution in [3.63, 3.8) is 0 Å². The number of carbonyl (C=O) groups is 2. The third-order valence-corrected chi connectivity index (χ3v) is 3.47. The fraction of sp³-hybridized carbons (Fsp3) is 0.286. The largest absolute Gasteiger partial charge is 0.475 e. The molecule has 5 nitrogen and oxygen atoms in total. The number of aromatic carboxylic acids is 1. The van der Waals surface area contributed by atoms with Crippen LogP contribution in [-0.4, -0.2) is 17.0 Å². The maximum atomic E-state index is 11.8. The molecule has 0 aliphatic heterocycles. The van der Waals surface area contributed by atoms with Gasteiger partial charge in [0.15, 0.2) is 0 Å². The summed E-state index contributed by atoms with van der Waals surface area (Å²) in [5.41, 5.74) is 1.17. The van der Waals surface area contributed by atoms with Crippen molar-refractivity contribution in [1.29, 1.82) is 0 Å². The first-order valence-electron chi connectivity index (χ1n) is 6.21. The number of nitrogens with one attached hydrogen (secondary N) is 1. The molecule has 1 saturated carbocycles. The monoisotopic (exact) mass is 259 g/mol. The number of amides is 1. The average Bonchev–Trinajstić information content (AvgIpc) is 2.69. The summed E-state index contributed by atoms with van der Waals surface area (Å²) in [6.07, 6.45) is 3.01. The van der Waals surface area contributed by atoms with Gasteiger partial charge in [-0.2, -0.15) is 0 Å². The smallest absolute Gasteiger partial charge is 0.371 e. The molecule has 0 unspecified atom stereocenters. The van der Waals surface area contributed by atoms with E-state index in [1.165, 1.54) is 6.07 Å². The molecule has 19 heavy (non-hydrogen) atoms. The summed E-state index contributed by atoms with van der Waals surface area (Å²) >= 11 is 0. The lowest BCUT2D eigenvalue weighted by Crippen LogP contribution is -2.27. The normalized spacial score (nSPS) is 15.2. The minimum atomic E-state index is -1.10. The molecule has 3 rings (SSSR count). The Hall–Kier alpha value is -2.30. The van der Waals surface area contributed by atoms with Crippen LogP contribution in [0.3, 0.4) is 0 Å². The standard InChI is InChI=1S/C14H13NO4/c16-13(8-2-1-3-8)15-10-4-5-11-9(6-10)7-12(19-11)14(17)18/h4-8H,1-3H2,(H,15,16)(H,17,18). The highest BCUT2D eigenvalue weighted by Crippen LogP contribution is 2.28. The van der Waals surface area contributed by atoms with Gasteiger partial charge in [0, 0.05) is 17.0 Å². The second-order valence-electron chi connectivity index (χ2n) is 4.79. The molecule has 1 aliphatic carbocycles. The maximum Gasteiger partial charge on any atom is 0.371 e. The molecule has 1 amide bonds. The van der Waals surface area contributed by atoms with E-state index in [1.807, 2.05) is 0 Å². The maximum absolute atomic E-state index is 11.8. The van der Waals surface area contributed by atoms with E-state index in [0.29, 0.717) is 16.7 Å². The van der Waals surface area contributed by atoms with Crippen molar-refractivity contribution in [2.45, 2.75) is 19.3 Å². The lowest BCUT2D eigenvalue weighted by Gasteiger charge is -2.23. The third-order valence-electron chi connectivity index (χ3n) is 3.47. The fourth-order valence-corrected chi connectivity index (χ4v) is 2.14. The second kappa shape index (κ2) is 4.42. The highest BCUT2D eigenvalue weighted by atomic mass is 16.4. The lowest BCUT2D eigenvalue weighted by molar-refractivity contribution is -0.122. The minimum Gasteiger partial charge on any atom is -0.475 e. The van der Waals surface area contributed by atoms with Crippen molar-refractivity contribution in [3.8, 4) is 0 Å². The predicted octanol–water partition coefficient (Wildman–Crippen LogP) is 2.87. The summed E-state index contributed by atoms with van der Waals surface area (Å²) in [5.74, 6) is -1.05. The van der Waals surface area contributed by atoms with Crippen LogP contribution in [0.5, 0.6) is 0 Å². The van der Waals surface area contributed by atoms with Gasteiger partial charge in [0.25, 0.3) is 0 Å². The first-order chi connectivity index (χ1) is 9.13. The van der Waals surface area contributed by atoms with Gasteiger partial charge in [0.1, 0.15) is 5.58 Å². The van der Waals surface area contributed by atoms with Crippen LogP contribution in [0.4, 0.5) is 5.69 Å². The van der Waals surface area contributed by atoms with Crippen molar-refractivity contribution in [2.75, 3.05) is 5.32 Å². The molecule has 0 bridgehead atoms. The van der Waals surface area contributed by atoms with Gasteiger partial charge in [0.05, 0.1) is 0 Å². The summed E-state index contributed by atoms with van der Waals surface area (Å²) in [7, 11) is 0. The predicted molar refractivity (Wildman–Crippen MR) is 69.1 cm³/mol. The van der Waals surface area contributed by atoms with Gasteiger partial charge in [-0.15, -0.1) is 0 Å². The molecule has 0 radical (unpaired) electrons. The van der Waals surface area contributed by atoms with Crippen molar-refractivity contribution >= 4 is 28.5 Å². The van der Waals surface area contributed by atoms with E-state index < -0.39 is 5.97 Å². The summed E-state index contributed by atoms with van der Waals surface area (Å²) in [4.78, 5) is 22.6. The topological polar surface area (TPSA) is 79.5 Å². The summed E-state index contributed by atoms with van der Waals surface area (Å²) in [6, 6.07) is 6.56. The first-order valence-corrected chi connectivity index (χ1v) is 6.21. The van der Waals surface area contributed by atoms with Crippen LogP contribution < -0.4 is 5.32 Å². The van der Waals surface area contributed by atoms with Crippen LogP contribution in [0.1, 0.15) is 29.8 Å². The zero-order valence-electron chi connectivity index (χ0n) is 10.2. The highest BCUT2D eigenvalue weighted by molar-refractivity contribution is 5.97. The van der Waals surface area contributed by atoms with Crippen LogP contribution in [-0.2, 0) is 4.79 Å². The van der Waals surface area contributed by atoms with E-state index >= 15 is 0 Å². The number of carboxylic acid groups (broad SMARTS) is 1. The van der Waals surface area contributed by atoms with Crippen molar-refractivity contribution in [3.05, 3.63) is 30.0 Å². The molecule has 1 aliphatic rings. The Labute approximate surface area is 109 Å². The molecule has 0 saturated heterocycles. The lowest BCUT2D eigenvalue weighted by atomic mass is 9.85. The van der Waals surface area contributed by atoms with E-state index in [4.69, 9.17) is 9.52 Å². The van der Waals surface area contributed by atoms with E-state index in [2.05, 4.69) is 5.32 Å². The van der Waals surface area contributed by atoms with Crippen LogP contribution in [0.15, 0.2) is 28.7 Å². The van der Waals surface area contributed by atoms with Gasteiger partial charge in [-0.25, -0.2) is 4.79 Å². The van der Waals surface area contributed by atoms with Crippen molar-refractivity contribution < 1.29 is 19.1 Å². The average molecular weight is 259 g/mol. The number of carbonyl (C=O) groups excluding carboxylic acids is 1. The van der Waals surface area contributed by atoms with Gasteiger partial charge >= 0.3 is 5.97 Å². The molecular formula is C14H13NO4. The molecule has 1 fully saturated rings. The number of anilines is 1. The molecule has 1 aromatic carbocycles. The quantitative estimate of drug-likeness (QED) is 0.888. The number of rotatable bonds is 3. The van der Waals surface area contributed by atoms with Crippen LogP contribution >= 0.6 is 0 Å². The molecule has 2 N–H and O–H groups in total. The number of hydrogen-bond acceptors (Lipinski definition) is 3. The van der Waals surface area contributed by atoms with E-state index in [9.17, 15) is 9.59 Å². The SMILES string of the molecule is O=C(O)c1cc2cc(NC(=O)C3CCC3)ccc2o1. The Balaban J connectivity index is 1.84. The van der Waals surface area contributed by atoms with Crippen molar-refractivity contribution in [1.82, 2.24) is 0 Å². The molecule has 0 spiro atoms. The van der Waals surface area contributed by atoms with Gasteiger partial charge in [-0.05, 0) is 37.1 Å². The van der Waals surface area contributed by atoms with Crippen molar-refractivity contribution in [2.24, 2.45) is 5.92 Å². The summed E-state index contributed by atoms with van der Waals surface area (Å²) in [6.45, 7) is 0. The van der Waals surface area contributed by atoms with Crippen LogP contribution in [0, 0.1) is 5.92 Å². The van der Waals surface area contributed by atoms with Crippen LogP contribution in [0.2, 0.25) is 0 Å². The Morgan fingerprint density at radius 2 is 2.05 bits per heavy atom. The third kappa shape index (κ3) is 2.19. The summed E-state index contributed by atoms with van der Waals surface area (Å²) in [5, 5.41) is 12.4. The summed E-state index contributed by atoms with van der Waals surface area (Å²) < 4.78 is 5.16. The number of carboxylic acids is 1. The number of furan rings is 1. The molecule has 0 atom stereocenters. The molecule has 1 heterocycles. The van der Waals surface area contributed by atoms with Crippen LogP contribution in [0.25, 0.3) is 11.0 Å². The Kier molecular flexibility index (Phi) is 2.74. The zero-order valence-corrected chi connectivity index (χ0v) is 10.2. The fourth-order valence-electron chi connectivity index (χ4n) is 2.14. The molecular weight excluding hydrogens is 246 g/mol. The Morgan fingerprint density at radius 3 is 2.68 bits per heavy atom. The molecule has 2 aromatic rings. The Morgan fingerprint density at radius 1 is 1.26 bits per heavy atom. The molecule has 98 valence electrons. The van der Waals surface area contributed by atoms with Gasteiger partial charge in [-0.3, -0.25) is 4.79 Å². The van der Waals surface area contributed by atoms with E-state index in [-0.39, 0.29) is 17.6 Å². The van der Waals surface area contributed by atoms with E-state index in [1.54, 1.807) is 18.2 Å². The van der Waals surface area contributed by atoms with E-state index in [0.717, 1.165) is 19.3 Å². The number of hydrogen-bond donors (Lipinski definition) is 2. The number of fused-ring (bicyclic) bond motifs is 1. The first kappa shape index (κ1) is 11.8. The Bertz CT molecular complexity index is 655. The minimum absolute atomic E-state index is 0.0348. The molecule has 5 heteroatoms. The van der Waals surface area contributed by atoms with Gasteiger partial charge < -0.3 is 14.8 Å². The second-order valence-corrected chi connectivity index (χ2v) is 4.79. The number of benzene rings is 1. The molecule has 1 aromatic heterocycles. The van der Waals surface area contributed by atoms with Gasteiger partial charge in [-0.1, -0.05) is 6.42 Å². The highest BCUT2D eigenvalue weighted by Gasteiger charge is 2.25. The van der Waals surface area contributed by atoms with Gasteiger partial charge in [0.2, 0.25) is 11.7 Å². The zero-order chi connectivity index (χ0) is 13.4.